The van der Waals surface area contributed by atoms with Crippen molar-refractivity contribution >= 4 is 19.8 Å². The van der Waals surface area contributed by atoms with Crippen LogP contribution in [0.3, 0.4) is 0 Å². The molecule has 0 spiro atoms. The number of nitrogens with zero attached hydrogens (tertiary/aromatic N) is 1. The molecule has 0 bridgehead atoms. The van der Waals surface area contributed by atoms with Gasteiger partial charge in [-0.15, -0.1) is 0 Å². The Kier molecular flexibility index (Phi) is 66.7. The minimum absolute atomic E-state index is 0.0407. The maximum absolute atomic E-state index is 12.9. The second kappa shape index (κ2) is 70.4. The molecule has 0 aliphatic rings. The molecule has 2 atom stereocenters. The van der Waals surface area contributed by atoms with E-state index in [2.05, 4.69) is 196 Å². The van der Waals surface area contributed by atoms with E-state index in [0.29, 0.717) is 17.4 Å². The van der Waals surface area contributed by atoms with Crippen molar-refractivity contribution in [3.63, 3.8) is 0 Å². The zero-order chi connectivity index (χ0) is 66.9. The number of allylic oxidation sites excluding steroid dienone is 30. The number of quaternary nitrogens is 1. The molecule has 0 aromatic heterocycles. The van der Waals surface area contributed by atoms with E-state index in [1.165, 1.54) is 83.5 Å². The van der Waals surface area contributed by atoms with Gasteiger partial charge >= 0.3 is 11.9 Å². The molecule has 0 heterocycles. The quantitative estimate of drug-likeness (QED) is 0.0195. The van der Waals surface area contributed by atoms with E-state index >= 15 is 0 Å². The third-order valence-electron chi connectivity index (χ3n) is 14.9. The van der Waals surface area contributed by atoms with Gasteiger partial charge in [-0.1, -0.05) is 305 Å². The predicted molar refractivity (Wildman–Crippen MR) is 396 cm³/mol. The Morgan fingerprint density at radius 3 is 0.870 bits per heavy atom. The fourth-order valence-electron chi connectivity index (χ4n) is 9.42. The first-order valence-electron chi connectivity index (χ1n) is 36.5. The largest absolute Gasteiger partial charge is 0.756 e. The van der Waals surface area contributed by atoms with Crippen molar-refractivity contribution < 1.29 is 42.1 Å². The predicted octanol–water partition coefficient (Wildman–Crippen LogP) is 23.6. The molecule has 0 aliphatic carbocycles. The Morgan fingerprint density at radius 2 is 0.587 bits per heavy atom. The Hall–Kier alpha value is -4.89. The van der Waals surface area contributed by atoms with Gasteiger partial charge in [0.1, 0.15) is 19.8 Å². The Balaban J connectivity index is 4.10. The van der Waals surface area contributed by atoms with Crippen LogP contribution in [0.1, 0.15) is 271 Å². The number of likely N-dealkylation sites (N-methyl/N-ethyl adjacent to an activating group) is 1. The third-order valence-corrected chi connectivity index (χ3v) is 15.9. The molecule has 0 aliphatic heterocycles. The summed E-state index contributed by atoms with van der Waals surface area (Å²) >= 11 is 0. The average molecular weight is 1290 g/mol. The van der Waals surface area contributed by atoms with Crippen molar-refractivity contribution in [2.45, 2.75) is 277 Å². The van der Waals surface area contributed by atoms with E-state index in [-0.39, 0.29) is 26.1 Å². The average Bonchev–Trinajstić information content (AvgIpc) is 2.23. The van der Waals surface area contributed by atoms with E-state index in [1.807, 2.05) is 21.1 Å². The summed E-state index contributed by atoms with van der Waals surface area (Å²) < 4.78 is 34.3. The molecule has 0 aromatic rings. The number of hydrogen-bond donors (Lipinski definition) is 0. The molecule has 0 aromatic carbocycles. The highest BCUT2D eigenvalue weighted by atomic mass is 31.2. The maximum Gasteiger partial charge on any atom is 0.306 e. The van der Waals surface area contributed by atoms with E-state index in [1.54, 1.807) is 0 Å². The van der Waals surface area contributed by atoms with Gasteiger partial charge in [-0.05, 0) is 135 Å². The van der Waals surface area contributed by atoms with Crippen LogP contribution in [0.5, 0.6) is 0 Å². The van der Waals surface area contributed by atoms with Crippen LogP contribution < -0.4 is 4.89 Å². The molecule has 0 amide bonds. The van der Waals surface area contributed by atoms with Crippen LogP contribution >= 0.6 is 7.82 Å². The summed E-state index contributed by atoms with van der Waals surface area (Å²) in [5.41, 5.74) is 0. The number of ether oxygens (including phenoxy) is 2. The highest BCUT2D eigenvalue weighted by Crippen LogP contribution is 2.38. The molecule has 0 saturated carbocycles. The van der Waals surface area contributed by atoms with Gasteiger partial charge in [-0.3, -0.25) is 14.2 Å². The van der Waals surface area contributed by atoms with E-state index in [0.717, 1.165) is 154 Å². The third kappa shape index (κ3) is 74.2. The zero-order valence-corrected chi connectivity index (χ0v) is 60.1. The second-order valence-corrected chi connectivity index (χ2v) is 26.2. The van der Waals surface area contributed by atoms with Gasteiger partial charge in [0.25, 0.3) is 7.82 Å². The number of rotatable bonds is 65. The van der Waals surface area contributed by atoms with E-state index in [4.69, 9.17) is 18.5 Å². The van der Waals surface area contributed by atoms with Crippen LogP contribution in [0.15, 0.2) is 182 Å². The van der Waals surface area contributed by atoms with Gasteiger partial charge in [0.2, 0.25) is 0 Å². The first kappa shape index (κ1) is 87.1. The summed E-state index contributed by atoms with van der Waals surface area (Å²) in [6.07, 6.45) is 108. The molecule has 2 unspecified atom stereocenters. The highest BCUT2D eigenvalue weighted by Gasteiger charge is 2.22. The van der Waals surface area contributed by atoms with Crippen molar-refractivity contribution in [1.29, 1.82) is 0 Å². The van der Waals surface area contributed by atoms with Crippen LogP contribution in [-0.2, 0) is 32.7 Å². The van der Waals surface area contributed by atoms with Crippen molar-refractivity contribution in [2.24, 2.45) is 0 Å². The summed E-state index contributed by atoms with van der Waals surface area (Å²) in [4.78, 5) is 38.1. The normalized spacial score (nSPS) is 14.2. The van der Waals surface area contributed by atoms with Crippen LogP contribution in [0.4, 0.5) is 0 Å². The van der Waals surface area contributed by atoms with E-state index in [9.17, 15) is 19.0 Å². The molecule has 0 saturated heterocycles. The van der Waals surface area contributed by atoms with Crippen LogP contribution in [0.2, 0.25) is 0 Å². The number of phosphoric acid groups is 1. The fraction of sp³-hybridized carbons (Fsp3) is 0.610. The smallest absolute Gasteiger partial charge is 0.306 e. The van der Waals surface area contributed by atoms with Crippen molar-refractivity contribution in [3.05, 3.63) is 182 Å². The van der Waals surface area contributed by atoms with Gasteiger partial charge < -0.3 is 27.9 Å². The lowest BCUT2D eigenvalue weighted by atomic mass is 10.0. The minimum atomic E-state index is -4.66. The molecule has 92 heavy (non-hydrogen) atoms. The van der Waals surface area contributed by atoms with Crippen molar-refractivity contribution in [3.8, 4) is 0 Å². The Labute approximate surface area is 565 Å². The monoisotopic (exact) mass is 1290 g/mol. The molecular weight excluding hydrogens is 1160 g/mol. The van der Waals surface area contributed by atoms with E-state index < -0.39 is 32.5 Å². The minimum Gasteiger partial charge on any atom is -0.756 e. The van der Waals surface area contributed by atoms with Gasteiger partial charge in [-0.25, -0.2) is 0 Å². The summed E-state index contributed by atoms with van der Waals surface area (Å²) in [5, 5.41) is 0. The van der Waals surface area contributed by atoms with Crippen LogP contribution in [-0.4, -0.2) is 70.0 Å². The molecule has 0 radical (unpaired) electrons. The number of carbonyl (C=O) groups excluding carboxylic acids is 2. The molecular formula is C82H134NO8P. The molecule has 0 N–H and O–H groups in total. The number of unbranched alkanes of at least 4 members (excludes halogenated alkanes) is 21. The topological polar surface area (TPSA) is 111 Å². The van der Waals surface area contributed by atoms with Gasteiger partial charge in [-0.2, -0.15) is 0 Å². The molecule has 0 fully saturated rings. The molecule has 10 heteroatoms. The molecule has 0 rings (SSSR count). The standard InChI is InChI=1S/C82H134NO8P/c1-6-8-10-12-14-16-18-20-22-24-26-28-30-32-34-35-36-37-38-39-40-41-42-43-44-45-46-47-49-51-53-55-57-59-61-63-65-67-69-71-73-75-82(85)91-80(79-90-92(86,87)89-77-76-83(3,4)5)78-88-81(84)74-72-70-68-66-64-62-60-58-56-54-52-50-48-33-31-29-27-25-23-21-19-17-15-13-11-9-7-2/h8-11,14-17,20-23,26-29,32-34,36-37,39-40,42-43,45-46,48-49,51,80H,6-7,12-13,18-19,24-25,30-31,35,38,41,44,47,50,52-79H2,1-5H3/b10-8-,11-9-,16-14-,17-15-,22-20-,23-21-,28-26-,29-27-,34-32-,37-36-,40-39-,43-42-,46-45-,48-33-,51-49-. The van der Waals surface area contributed by atoms with Crippen molar-refractivity contribution in [2.75, 3.05) is 47.5 Å². The first-order valence-corrected chi connectivity index (χ1v) is 38.0. The number of phosphoric ester groups is 1. The van der Waals surface area contributed by atoms with Gasteiger partial charge in [0.15, 0.2) is 6.10 Å². The lowest BCUT2D eigenvalue weighted by molar-refractivity contribution is -0.870. The molecule has 520 valence electrons. The Bertz CT molecular complexity index is 2210. The van der Waals surface area contributed by atoms with Gasteiger partial charge in [0, 0.05) is 12.8 Å². The maximum atomic E-state index is 12.9. The summed E-state index contributed by atoms with van der Waals surface area (Å²) in [5.74, 6) is -0.849. The summed E-state index contributed by atoms with van der Waals surface area (Å²) in [6, 6.07) is 0. The number of carbonyl (C=O) groups is 2. The molecule has 9 nitrogen and oxygen atoms in total. The van der Waals surface area contributed by atoms with Crippen molar-refractivity contribution in [1.82, 2.24) is 0 Å². The second-order valence-electron chi connectivity index (χ2n) is 24.8. The number of esters is 2. The van der Waals surface area contributed by atoms with Gasteiger partial charge in [0.05, 0.1) is 27.7 Å². The lowest BCUT2D eigenvalue weighted by Crippen LogP contribution is -2.37. The fourth-order valence-corrected chi connectivity index (χ4v) is 10.1. The summed E-state index contributed by atoms with van der Waals surface area (Å²) in [6.45, 7) is 4.00. The van der Waals surface area contributed by atoms with Crippen LogP contribution in [0.25, 0.3) is 0 Å². The zero-order valence-electron chi connectivity index (χ0n) is 59.2. The summed E-state index contributed by atoms with van der Waals surface area (Å²) in [7, 11) is 1.14. The Morgan fingerprint density at radius 1 is 0.337 bits per heavy atom. The number of hydrogen-bond acceptors (Lipinski definition) is 8. The lowest BCUT2D eigenvalue weighted by Gasteiger charge is -2.28. The SMILES string of the molecule is CC/C=C\C/C=C\C/C=C\C/C=C\C/C=C\C/C=C\C/C=C\C/C=C\C/C=C\C/C=C\CCCCCCCCCCCCC(=O)OC(COC(=O)CCCCCCCCCCCCC/C=C\C/C=C\C/C=C\C/C=C\C/C=C\CC)COP(=O)([O-])OCC[N+](C)(C)C. The first-order chi connectivity index (χ1) is 45.0. The van der Waals surface area contributed by atoms with Crippen LogP contribution in [0, 0.1) is 0 Å². The highest BCUT2D eigenvalue weighted by molar-refractivity contribution is 7.45.